The van der Waals surface area contributed by atoms with E-state index in [4.69, 9.17) is 19.6 Å². The lowest BCUT2D eigenvalue weighted by Gasteiger charge is -2.46. The average molecular weight is 970 g/mol. The SMILES string of the molecule is CCOc1cc(C(CS(C)(=O)=O)N2C(=O)c3cccc(N4CCN(C5CCN(Cc6ccc(Oc7ccc(C(=N)C8(C)CCC(=O)NC8=O)c(NC)c7)cc6)CC5(F)F)CC4)c3C2=O)ccc1OC. The third kappa shape index (κ3) is 10.0. The van der Waals surface area contributed by atoms with Crippen LogP contribution >= 0.6 is 0 Å². The number of hydrogen-bond donors (Lipinski definition) is 3. The Hall–Kier alpha value is -6.44. The number of piperazine rings is 1. The van der Waals surface area contributed by atoms with Gasteiger partial charge >= 0.3 is 0 Å². The number of likely N-dealkylation sites (tertiary alicyclic amines) is 1. The largest absolute Gasteiger partial charge is 0.493 e. The number of amides is 4. The summed E-state index contributed by atoms with van der Waals surface area (Å²) in [6.07, 6.45) is 1.68. The maximum Gasteiger partial charge on any atom is 0.275 e. The van der Waals surface area contributed by atoms with Gasteiger partial charge in [-0.1, -0.05) is 24.3 Å². The summed E-state index contributed by atoms with van der Waals surface area (Å²) in [7, 11) is -0.527. The number of benzene rings is 4. The van der Waals surface area contributed by atoms with E-state index in [1.807, 2.05) is 21.9 Å². The highest BCUT2D eigenvalue weighted by atomic mass is 32.2. The van der Waals surface area contributed by atoms with E-state index in [0.717, 1.165) is 16.7 Å². The van der Waals surface area contributed by atoms with E-state index in [1.54, 1.807) is 92.5 Å². The first-order chi connectivity index (χ1) is 32.8. The molecule has 0 bridgehead atoms. The molecule has 16 nitrogen and oxygen atoms in total. The summed E-state index contributed by atoms with van der Waals surface area (Å²) >= 11 is 0. The molecule has 3 saturated heterocycles. The summed E-state index contributed by atoms with van der Waals surface area (Å²) in [5.41, 5.74) is 2.04. The molecule has 3 fully saturated rings. The summed E-state index contributed by atoms with van der Waals surface area (Å²) in [4.78, 5) is 59.4. The van der Waals surface area contributed by atoms with Gasteiger partial charge in [0.25, 0.3) is 17.7 Å². The summed E-state index contributed by atoms with van der Waals surface area (Å²) in [5, 5.41) is 14.3. The normalized spacial score (nSPS) is 21.4. The highest BCUT2D eigenvalue weighted by molar-refractivity contribution is 7.90. The minimum absolute atomic E-state index is 0.0896. The molecule has 0 radical (unpaired) electrons. The van der Waals surface area contributed by atoms with Gasteiger partial charge in [-0.25, -0.2) is 17.2 Å². The number of imide groups is 2. The second-order valence-corrected chi connectivity index (χ2v) is 20.4. The van der Waals surface area contributed by atoms with Gasteiger partial charge in [0, 0.05) is 76.3 Å². The van der Waals surface area contributed by atoms with Gasteiger partial charge in [0.15, 0.2) is 11.5 Å². The van der Waals surface area contributed by atoms with Crippen molar-refractivity contribution >= 4 is 50.6 Å². The number of hydrogen-bond acceptors (Lipinski definition) is 14. The quantitative estimate of drug-likeness (QED) is 0.0857. The average Bonchev–Trinajstić information content (AvgIpc) is 3.57. The number of anilines is 2. The van der Waals surface area contributed by atoms with E-state index >= 15 is 8.78 Å². The number of sulfone groups is 1. The Bertz CT molecular complexity index is 2780. The predicted molar refractivity (Wildman–Crippen MR) is 256 cm³/mol. The zero-order valence-corrected chi connectivity index (χ0v) is 40.1. The Balaban J connectivity index is 0.878. The van der Waals surface area contributed by atoms with Crippen LogP contribution < -0.4 is 29.7 Å². The molecular weight excluding hydrogens is 913 g/mol. The molecule has 0 aromatic heterocycles. The molecule has 4 aliphatic heterocycles. The second kappa shape index (κ2) is 19.5. The first-order valence-electron chi connectivity index (χ1n) is 22.9. The number of halogens is 2. The molecule has 19 heteroatoms. The summed E-state index contributed by atoms with van der Waals surface area (Å²) in [6.45, 7) is 5.37. The number of ether oxygens (including phenoxy) is 3. The highest BCUT2D eigenvalue weighted by Gasteiger charge is 2.49. The summed E-state index contributed by atoms with van der Waals surface area (Å²) in [6, 6.07) is 20.0. The number of methoxy groups -OCH3 is 1. The molecule has 8 rings (SSSR count). The molecule has 4 heterocycles. The van der Waals surface area contributed by atoms with Crippen LogP contribution in [-0.4, -0.2) is 136 Å². The van der Waals surface area contributed by atoms with E-state index in [-0.39, 0.29) is 42.0 Å². The number of fused-ring (bicyclic) bond motifs is 1. The topological polar surface area (TPSA) is 191 Å². The molecule has 4 amide bonds. The molecule has 3 N–H and O–H groups in total. The molecule has 0 aliphatic carbocycles. The minimum atomic E-state index is -3.71. The number of nitrogens with one attached hydrogen (secondary N) is 3. The molecule has 4 aromatic carbocycles. The van der Waals surface area contributed by atoms with Crippen LogP contribution in [0.1, 0.15) is 76.6 Å². The fraction of sp³-hybridized carbons (Fsp3) is 0.420. The third-order valence-corrected chi connectivity index (χ3v) is 14.5. The van der Waals surface area contributed by atoms with Crippen molar-refractivity contribution in [3.63, 3.8) is 0 Å². The molecule has 366 valence electrons. The van der Waals surface area contributed by atoms with Crippen LogP contribution in [0.3, 0.4) is 0 Å². The van der Waals surface area contributed by atoms with Crippen LogP contribution in [0, 0.1) is 10.8 Å². The molecule has 0 saturated carbocycles. The number of nitrogens with zero attached hydrogens (tertiary/aromatic N) is 4. The van der Waals surface area contributed by atoms with Crippen LogP contribution in [0.4, 0.5) is 20.2 Å². The standard InChI is InChI=1S/C50H57F2N7O9S/c1-6-67-41-26-32(12-17-40(41)66-4)39(29-69(5,64)65)59-46(61)36-8-7-9-38(44(36)47(59)62)57-22-24-58(25-23-57)42-19-21-56(30-50(42,51)52)28-31-10-13-33(14-11-31)68-34-15-16-35(37(27-34)54-3)45(53)49(2)20-18-43(60)55-48(49)63/h7-17,26-27,39,42,53-54H,6,18-25,28-30H2,1-5H3,(H,55,60,63). The first kappa shape index (κ1) is 49.0. The third-order valence-electron chi connectivity index (χ3n) is 13.6. The lowest BCUT2D eigenvalue weighted by molar-refractivity contribution is -0.138. The van der Waals surface area contributed by atoms with Crippen molar-refractivity contribution in [3.05, 3.63) is 107 Å². The van der Waals surface area contributed by atoms with E-state index < -0.39 is 63.3 Å². The monoisotopic (exact) mass is 969 g/mol. The Morgan fingerprint density at radius 2 is 1.65 bits per heavy atom. The highest BCUT2D eigenvalue weighted by Crippen LogP contribution is 2.41. The van der Waals surface area contributed by atoms with E-state index in [9.17, 15) is 27.6 Å². The van der Waals surface area contributed by atoms with E-state index in [1.165, 1.54) is 7.11 Å². The van der Waals surface area contributed by atoms with Crippen molar-refractivity contribution in [1.82, 2.24) is 20.0 Å². The van der Waals surface area contributed by atoms with Gasteiger partial charge in [0.2, 0.25) is 11.8 Å². The van der Waals surface area contributed by atoms with Crippen LogP contribution in [0.5, 0.6) is 23.0 Å². The number of alkyl halides is 2. The number of carbonyl (C=O) groups excluding carboxylic acids is 4. The van der Waals surface area contributed by atoms with Crippen molar-refractivity contribution < 1.29 is 50.6 Å². The summed E-state index contributed by atoms with van der Waals surface area (Å²) in [5.74, 6) is -3.86. The van der Waals surface area contributed by atoms with Crippen molar-refractivity contribution in [2.75, 3.05) is 82.3 Å². The van der Waals surface area contributed by atoms with Crippen LogP contribution in [-0.2, 0) is 26.0 Å². The molecule has 0 spiro atoms. The van der Waals surface area contributed by atoms with Crippen molar-refractivity contribution in [2.24, 2.45) is 5.41 Å². The fourth-order valence-electron chi connectivity index (χ4n) is 9.87. The zero-order chi connectivity index (χ0) is 49.4. The molecular formula is C50H57F2N7O9S. The van der Waals surface area contributed by atoms with Crippen molar-refractivity contribution in [1.29, 1.82) is 5.41 Å². The van der Waals surface area contributed by atoms with Gasteiger partial charge < -0.3 is 29.8 Å². The maximum atomic E-state index is 16.1. The van der Waals surface area contributed by atoms with Crippen molar-refractivity contribution in [2.45, 2.75) is 57.7 Å². The van der Waals surface area contributed by atoms with E-state index in [2.05, 4.69) is 10.6 Å². The number of rotatable bonds is 16. The van der Waals surface area contributed by atoms with Gasteiger partial charge in [-0.15, -0.1) is 0 Å². The molecule has 69 heavy (non-hydrogen) atoms. The Morgan fingerprint density at radius 1 is 0.928 bits per heavy atom. The number of piperidine rings is 2. The first-order valence-corrected chi connectivity index (χ1v) is 25.0. The molecule has 3 atom stereocenters. The Labute approximate surface area is 400 Å². The van der Waals surface area contributed by atoms with Gasteiger partial charge in [0.1, 0.15) is 21.3 Å². The lowest BCUT2D eigenvalue weighted by atomic mass is 9.74. The summed E-state index contributed by atoms with van der Waals surface area (Å²) < 4.78 is 74.9. The molecule has 4 aromatic rings. The van der Waals surface area contributed by atoms with Crippen molar-refractivity contribution in [3.8, 4) is 23.0 Å². The molecule has 4 aliphatic rings. The van der Waals surface area contributed by atoms with Crippen LogP contribution in [0.15, 0.2) is 78.9 Å². The van der Waals surface area contributed by atoms with Crippen LogP contribution in [0.25, 0.3) is 0 Å². The predicted octanol–water partition coefficient (Wildman–Crippen LogP) is 6.15. The molecule has 3 unspecified atom stereocenters. The van der Waals surface area contributed by atoms with Gasteiger partial charge in [-0.3, -0.25) is 39.2 Å². The Morgan fingerprint density at radius 3 is 2.30 bits per heavy atom. The smallest absolute Gasteiger partial charge is 0.275 e. The van der Waals surface area contributed by atoms with E-state index in [0.29, 0.717) is 91.4 Å². The number of carbonyl (C=O) groups is 4. The van der Waals surface area contributed by atoms with Gasteiger partial charge in [-0.05, 0) is 86.3 Å². The van der Waals surface area contributed by atoms with Crippen LogP contribution in [0.2, 0.25) is 0 Å². The minimum Gasteiger partial charge on any atom is -0.493 e. The fourth-order valence-corrected chi connectivity index (χ4v) is 10.8. The lowest BCUT2D eigenvalue weighted by Crippen LogP contribution is -2.61. The maximum absolute atomic E-state index is 16.1. The zero-order valence-electron chi connectivity index (χ0n) is 39.3. The Kier molecular flexibility index (Phi) is 13.9. The van der Waals surface area contributed by atoms with Gasteiger partial charge in [-0.2, -0.15) is 0 Å². The van der Waals surface area contributed by atoms with Gasteiger partial charge in [0.05, 0.1) is 66.0 Å². The second-order valence-electron chi connectivity index (χ2n) is 18.2.